The summed E-state index contributed by atoms with van der Waals surface area (Å²) >= 11 is 0. The van der Waals surface area contributed by atoms with Crippen LogP contribution in [0, 0.1) is 5.82 Å². The Morgan fingerprint density at radius 1 is 1.43 bits per heavy atom. The monoisotopic (exact) mass is 286 g/mol. The van der Waals surface area contributed by atoms with Crippen molar-refractivity contribution >= 4 is 5.70 Å². The van der Waals surface area contributed by atoms with Crippen molar-refractivity contribution in [3.8, 4) is 11.3 Å². The number of nitrogens with two attached hydrogens (primary N) is 1. The van der Waals surface area contributed by atoms with Gasteiger partial charge in [0, 0.05) is 28.6 Å². The van der Waals surface area contributed by atoms with Crippen LogP contribution in [-0.4, -0.2) is 16.2 Å². The molecule has 0 saturated heterocycles. The van der Waals surface area contributed by atoms with Crippen LogP contribution in [0.25, 0.3) is 17.0 Å². The highest BCUT2D eigenvalue weighted by Crippen LogP contribution is 2.24. The fourth-order valence-corrected chi connectivity index (χ4v) is 2.13. The third-order valence-electron chi connectivity index (χ3n) is 2.99. The van der Waals surface area contributed by atoms with Crippen LogP contribution in [-0.2, 0) is 0 Å². The molecule has 0 aliphatic rings. The molecular formula is C16H19FN4. The molecule has 110 valence electrons. The number of hydrogen-bond acceptors (Lipinski definition) is 3. The summed E-state index contributed by atoms with van der Waals surface area (Å²) in [5.41, 5.74) is 10.0. The minimum absolute atomic E-state index is 0.0541. The molecule has 1 heterocycles. The first kappa shape index (κ1) is 14.8. The van der Waals surface area contributed by atoms with Crippen molar-refractivity contribution in [3.63, 3.8) is 0 Å². The molecule has 0 amide bonds. The van der Waals surface area contributed by atoms with E-state index in [1.807, 2.05) is 19.9 Å². The third kappa shape index (κ3) is 3.72. The van der Waals surface area contributed by atoms with E-state index in [0.29, 0.717) is 5.70 Å². The summed E-state index contributed by atoms with van der Waals surface area (Å²) in [5, 5.41) is 10.1. The topological polar surface area (TPSA) is 66.7 Å². The normalized spacial score (nSPS) is 13.0. The van der Waals surface area contributed by atoms with E-state index in [2.05, 4.69) is 22.1 Å². The Kier molecular flexibility index (Phi) is 4.42. The average Bonchev–Trinajstić information content (AvgIpc) is 2.87. The van der Waals surface area contributed by atoms with Crippen LogP contribution in [0.4, 0.5) is 4.39 Å². The molecule has 0 aliphatic heterocycles. The van der Waals surface area contributed by atoms with Gasteiger partial charge in [-0.1, -0.05) is 6.58 Å². The maximum atomic E-state index is 13.0. The van der Waals surface area contributed by atoms with Gasteiger partial charge < -0.3 is 11.1 Å². The second-order valence-corrected chi connectivity index (χ2v) is 5.00. The molecule has 0 fully saturated rings. The summed E-state index contributed by atoms with van der Waals surface area (Å²) in [4.78, 5) is 0. The van der Waals surface area contributed by atoms with Gasteiger partial charge in [-0.25, -0.2) is 4.39 Å². The van der Waals surface area contributed by atoms with Gasteiger partial charge in [0.05, 0.1) is 11.9 Å². The van der Waals surface area contributed by atoms with Gasteiger partial charge in [-0.2, -0.15) is 5.10 Å². The van der Waals surface area contributed by atoms with Gasteiger partial charge in [-0.05, 0) is 44.2 Å². The predicted octanol–water partition coefficient (Wildman–Crippen LogP) is 3.03. The van der Waals surface area contributed by atoms with Crippen molar-refractivity contribution in [2.45, 2.75) is 19.9 Å². The second-order valence-electron chi connectivity index (χ2n) is 5.00. The van der Waals surface area contributed by atoms with Crippen molar-refractivity contribution < 1.29 is 4.39 Å². The molecule has 0 bridgehead atoms. The number of aromatic amines is 1. The Morgan fingerprint density at radius 3 is 2.71 bits per heavy atom. The summed E-state index contributed by atoms with van der Waals surface area (Å²) in [6, 6.07) is 6.25. The van der Waals surface area contributed by atoms with E-state index in [4.69, 9.17) is 5.73 Å². The highest BCUT2D eigenvalue weighted by atomic mass is 19.1. The van der Waals surface area contributed by atoms with Crippen LogP contribution >= 0.6 is 0 Å². The molecule has 21 heavy (non-hydrogen) atoms. The van der Waals surface area contributed by atoms with Crippen molar-refractivity contribution in [1.29, 1.82) is 0 Å². The lowest BCUT2D eigenvalue weighted by molar-refractivity contribution is 0.628. The first-order valence-corrected chi connectivity index (χ1v) is 6.66. The maximum absolute atomic E-state index is 13.0. The number of aromatic nitrogens is 2. The zero-order valence-corrected chi connectivity index (χ0v) is 12.2. The number of nitrogens with zero attached hydrogens (tertiary/aromatic N) is 1. The van der Waals surface area contributed by atoms with Crippen molar-refractivity contribution in [1.82, 2.24) is 15.5 Å². The van der Waals surface area contributed by atoms with Crippen LogP contribution in [0.3, 0.4) is 0 Å². The van der Waals surface area contributed by atoms with Gasteiger partial charge in [0.2, 0.25) is 0 Å². The smallest absolute Gasteiger partial charge is 0.123 e. The molecule has 0 spiro atoms. The van der Waals surface area contributed by atoms with Crippen LogP contribution in [0.5, 0.6) is 0 Å². The molecule has 4 nitrogen and oxygen atoms in total. The van der Waals surface area contributed by atoms with Crippen LogP contribution in [0.15, 0.2) is 48.8 Å². The number of allylic oxidation sites excluding steroid dienone is 1. The molecule has 2 aromatic rings. The number of rotatable bonds is 5. The molecule has 1 aromatic carbocycles. The van der Waals surface area contributed by atoms with Gasteiger partial charge in [0.1, 0.15) is 5.82 Å². The number of H-pyrrole nitrogens is 1. The summed E-state index contributed by atoms with van der Waals surface area (Å²) in [6.45, 7) is 7.68. The molecular weight excluding hydrogens is 267 g/mol. The van der Waals surface area contributed by atoms with Gasteiger partial charge in [-0.15, -0.1) is 0 Å². The van der Waals surface area contributed by atoms with Crippen LogP contribution in [0.1, 0.15) is 19.4 Å². The van der Waals surface area contributed by atoms with Gasteiger partial charge >= 0.3 is 0 Å². The zero-order chi connectivity index (χ0) is 15.4. The maximum Gasteiger partial charge on any atom is 0.123 e. The fourth-order valence-electron chi connectivity index (χ4n) is 2.13. The van der Waals surface area contributed by atoms with E-state index in [1.54, 1.807) is 18.3 Å². The molecule has 0 saturated carbocycles. The minimum Gasteiger partial charge on any atom is -0.398 e. The lowest BCUT2D eigenvalue weighted by atomic mass is 10.0. The summed E-state index contributed by atoms with van der Waals surface area (Å²) in [7, 11) is 0. The first-order chi connectivity index (χ1) is 9.97. The Labute approximate surface area is 123 Å². The third-order valence-corrected chi connectivity index (χ3v) is 2.99. The first-order valence-electron chi connectivity index (χ1n) is 6.66. The largest absolute Gasteiger partial charge is 0.398 e. The summed E-state index contributed by atoms with van der Waals surface area (Å²) < 4.78 is 13.0. The fraction of sp³-hybridized carbons (Fsp3) is 0.188. The van der Waals surface area contributed by atoms with E-state index in [9.17, 15) is 4.39 Å². The summed E-state index contributed by atoms with van der Waals surface area (Å²) in [5.74, 6) is -0.275. The average molecular weight is 286 g/mol. The van der Waals surface area contributed by atoms with Gasteiger partial charge in [-0.3, -0.25) is 5.10 Å². The Bertz CT molecular complexity index is 655. The van der Waals surface area contributed by atoms with Crippen LogP contribution in [0.2, 0.25) is 0 Å². The Morgan fingerprint density at radius 2 is 2.10 bits per heavy atom. The van der Waals surface area contributed by atoms with E-state index in [-0.39, 0.29) is 11.9 Å². The molecule has 0 radical (unpaired) electrons. The number of nitrogens with one attached hydrogen (secondary N) is 2. The SMILES string of the molecule is C=C(C)NC(C)/C=C(\N)c1cn[nH]c1-c1ccc(F)cc1. The molecule has 2 rings (SSSR count). The molecule has 1 atom stereocenters. The Hall–Kier alpha value is -2.56. The van der Waals surface area contributed by atoms with Crippen molar-refractivity contribution in [2.75, 3.05) is 0 Å². The number of benzene rings is 1. The minimum atomic E-state index is -0.275. The molecule has 4 N–H and O–H groups in total. The van der Waals surface area contributed by atoms with E-state index in [0.717, 1.165) is 22.5 Å². The van der Waals surface area contributed by atoms with Crippen LogP contribution < -0.4 is 11.1 Å². The standard InChI is InChI=1S/C16H19FN4/c1-10(2)20-11(3)8-15(18)14-9-19-21-16(14)12-4-6-13(17)7-5-12/h4-9,11,20H,1,18H2,2-3H3,(H,19,21)/b15-8-. The number of halogens is 1. The lowest BCUT2D eigenvalue weighted by Gasteiger charge is -2.12. The molecule has 5 heteroatoms. The highest BCUT2D eigenvalue weighted by Gasteiger charge is 2.11. The summed E-state index contributed by atoms with van der Waals surface area (Å²) in [6.07, 6.45) is 3.56. The second kappa shape index (κ2) is 6.26. The molecule has 1 unspecified atom stereocenters. The van der Waals surface area contributed by atoms with Gasteiger partial charge in [0.15, 0.2) is 0 Å². The van der Waals surface area contributed by atoms with Gasteiger partial charge in [0.25, 0.3) is 0 Å². The highest BCUT2D eigenvalue weighted by molar-refractivity contribution is 5.77. The molecule has 1 aromatic heterocycles. The quantitative estimate of drug-likeness (QED) is 0.791. The van der Waals surface area contributed by atoms with Crippen molar-refractivity contribution in [2.24, 2.45) is 5.73 Å². The number of hydrogen-bond donors (Lipinski definition) is 3. The van der Waals surface area contributed by atoms with Crippen molar-refractivity contribution in [3.05, 3.63) is 60.2 Å². The zero-order valence-electron chi connectivity index (χ0n) is 12.2. The lowest BCUT2D eigenvalue weighted by Crippen LogP contribution is -2.22. The van der Waals surface area contributed by atoms with E-state index < -0.39 is 0 Å². The molecule has 0 aliphatic carbocycles. The predicted molar refractivity (Wildman–Crippen MR) is 83.6 cm³/mol. The Balaban J connectivity index is 2.29. The van der Waals surface area contributed by atoms with E-state index >= 15 is 0 Å². The van der Waals surface area contributed by atoms with E-state index in [1.165, 1.54) is 12.1 Å².